The number of phosphoric acid groups is 1. The Morgan fingerprint density at radius 1 is 0.300 bits per heavy atom. The molecule has 0 aliphatic rings. The van der Waals surface area contributed by atoms with E-state index in [9.17, 15) is 64.2 Å². The molecule has 0 radical (unpaired) electrons. The maximum absolute atomic E-state index is 12.8. The normalized spacial score (nSPS) is 12.6. The molecular weight excluding hydrogens is 1310 g/mol. The first-order valence-electron chi connectivity index (χ1n) is 41.4. The van der Waals surface area contributed by atoms with Crippen molar-refractivity contribution in [2.24, 2.45) is 0 Å². The predicted molar refractivity (Wildman–Crippen MR) is 397 cm³/mol. The Morgan fingerprint density at radius 3 is 0.560 bits per heavy atom. The number of carbonyl (C=O) groups excluding carboxylic acids is 4. The van der Waals surface area contributed by atoms with Crippen LogP contribution in [0.5, 0.6) is 0 Å². The molecule has 1 unspecified atom stereocenters. The molecule has 0 saturated carbocycles. The molecule has 0 aliphatic heterocycles. The summed E-state index contributed by atoms with van der Waals surface area (Å²) in [6.45, 7) is 5.87. The van der Waals surface area contributed by atoms with Gasteiger partial charge in [0.1, 0.15) is 6.10 Å². The van der Waals surface area contributed by atoms with E-state index < -0.39 is 86.9 Å². The number of phosphoric ester groups is 1. The molecule has 0 aliphatic carbocycles. The number of hydrogen-bond acceptors (Lipinski definition) is 16. The zero-order valence-corrected chi connectivity index (χ0v) is 70.9. The number of aliphatic hydroxyl groups is 6. The van der Waals surface area contributed by atoms with Crippen molar-refractivity contribution in [3.05, 3.63) is 0 Å². The van der Waals surface area contributed by atoms with Gasteiger partial charge in [0.2, 0.25) is 0 Å². The van der Waals surface area contributed by atoms with Gasteiger partial charge in [-0.05, 0) is 25.7 Å². The van der Waals surface area contributed by atoms with Gasteiger partial charge in [-0.15, -0.1) is 0 Å². The molecule has 0 rings (SSSR count). The second-order valence-corrected chi connectivity index (χ2v) is 30.1. The molecule has 6 N–H and O–H groups in total. The van der Waals surface area contributed by atoms with E-state index in [4.69, 9.17) is 10.2 Å². The van der Waals surface area contributed by atoms with Crippen molar-refractivity contribution in [1.29, 1.82) is 0 Å². The maximum Gasteiger partial charge on any atom is 1.00 e. The summed E-state index contributed by atoms with van der Waals surface area (Å²) in [6.07, 6.45) is 67.7. The third-order valence-electron chi connectivity index (χ3n) is 19.6. The van der Waals surface area contributed by atoms with Gasteiger partial charge in [-0.1, -0.05) is 399 Å². The predicted octanol–water partition coefficient (Wildman–Crippen LogP) is 11.4. The Hall–Kier alpha value is 0.470. The van der Waals surface area contributed by atoms with Crippen molar-refractivity contribution in [3.63, 3.8) is 0 Å². The van der Waals surface area contributed by atoms with Gasteiger partial charge in [0.05, 0.1) is 21.0 Å². The van der Waals surface area contributed by atoms with Crippen LogP contribution in [0.2, 0.25) is 0 Å². The zero-order chi connectivity index (χ0) is 73.3. The Balaban J connectivity index is -0.000000518. The molecule has 3 atom stereocenters. The Labute approximate surface area is 658 Å². The van der Waals surface area contributed by atoms with Crippen LogP contribution < -0.4 is 79.1 Å². The summed E-state index contributed by atoms with van der Waals surface area (Å²) < 4.78 is 13.3. The average Bonchev–Trinajstić information content (AvgIpc) is 0.817. The van der Waals surface area contributed by atoms with E-state index in [0.717, 1.165) is 77.0 Å². The van der Waals surface area contributed by atoms with Gasteiger partial charge in [-0.25, -0.2) is 0 Å². The topological polar surface area (TPSA) is 308 Å². The van der Waals surface area contributed by atoms with Crippen molar-refractivity contribution >= 4 is 31.0 Å². The molecular formula is C81H157Na2O16P-2. The number of Topliss-reactive ketones (excluding diaryl/α,β-unsaturated/α-hetero) is 4. The maximum atomic E-state index is 12.8. The van der Waals surface area contributed by atoms with E-state index in [-0.39, 0.29) is 84.8 Å². The van der Waals surface area contributed by atoms with Gasteiger partial charge in [0.25, 0.3) is 0 Å². The van der Waals surface area contributed by atoms with Crippen LogP contribution in [0, 0.1) is 0 Å². The molecule has 0 amide bonds. The molecule has 0 aromatic heterocycles. The Bertz CT molecular complexity index is 1580. The van der Waals surface area contributed by atoms with E-state index in [0.29, 0.717) is 25.7 Å². The molecule has 19 heteroatoms. The molecule has 100 heavy (non-hydrogen) atoms. The second-order valence-electron chi connectivity index (χ2n) is 28.9. The molecule has 16 nitrogen and oxygen atoms in total. The van der Waals surface area contributed by atoms with Crippen molar-refractivity contribution in [2.75, 3.05) is 26.4 Å². The summed E-state index contributed by atoms with van der Waals surface area (Å²) >= 11 is 0. The van der Waals surface area contributed by atoms with Crippen molar-refractivity contribution in [2.45, 2.75) is 468 Å². The Morgan fingerprint density at radius 2 is 0.440 bits per heavy atom. The third-order valence-corrected chi connectivity index (χ3v) is 20.1. The number of rotatable bonds is 76. The largest absolute Gasteiger partial charge is 1.00 e. The number of hydrogen-bond donors (Lipinski definition) is 6. The van der Waals surface area contributed by atoms with Gasteiger partial charge in [0, 0.05) is 38.9 Å². The number of unbranched alkanes of at least 4 members (excludes halogenated alkanes) is 56. The molecule has 0 heterocycles. The number of aliphatic hydroxyl groups excluding tert-OH is 4. The van der Waals surface area contributed by atoms with Crippen molar-refractivity contribution in [1.82, 2.24) is 0 Å². The number of carbonyl (C=O) groups is 4. The average molecular weight is 1460 g/mol. The molecule has 0 fully saturated rings. The molecule has 0 aromatic rings. The van der Waals surface area contributed by atoms with E-state index in [1.54, 1.807) is 0 Å². The van der Waals surface area contributed by atoms with Gasteiger partial charge < -0.3 is 59.7 Å². The van der Waals surface area contributed by atoms with Gasteiger partial charge in [-0.2, -0.15) is 0 Å². The summed E-state index contributed by atoms with van der Waals surface area (Å²) in [5, 5.41) is 81.9. The minimum Gasteiger partial charge on any atom is -0.848 e. The molecule has 0 aromatic carbocycles. The quantitative estimate of drug-likeness (QED) is 0.0143. The summed E-state index contributed by atoms with van der Waals surface area (Å²) in [5.41, 5.74) is -5.17. The van der Waals surface area contributed by atoms with E-state index in [1.807, 2.05) is 0 Å². The van der Waals surface area contributed by atoms with Gasteiger partial charge >= 0.3 is 59.1 Å². The monoisotopic (exact) mass is 1460 g/mol. The third kappa shape index (κ3) is 69.0. The van der Waals surface area contributed by atoms with Gasteiger partial charge in [0.15, 0.2) is 34.3 Å². The fourth-order valence-electron chi connectivity index (χ4n) is 12.9. The van der Waals surface area contributed by atoms with Crippen LogP contribution in [0.3, 0.4) is 0 Å². The van der Waals surface area contributed by atoms with Crippen LogP contribution in [-0.4, -0.2) is 110 Å². The Kier molecular flexibility index (Phi) is 89.4. The van der Waals surface area contributed by atoms with Crippen LogP contribution in [0.4, 0.5) is 0 Å². The minimum absolute atomic E-state index is 0. The van der Waals surface area contributed by atoms with E-state index >= 15 is 0 Å². The van der Waals surface area contributed by atoms with Gasteiger partial charge in [-0.3, -0.25) is 19.2 Å². The first kappa shape index (κ1) is 109. The zero-order valence-electron chi connectivity index (χ0n) is 66.0. The van der Waals surface area contributed by atoms with Crippen LogP contribution in [0.1, 0.15) is 439 Å². The summed E-state index contributed by atoms with van der Waals surface area (Å²) in [6, 6.07) is 0. The van der Waals surface area contributed by atoms with Crippen LogP contribution >= 0.6 is 7.82 Å². The molecule has 0 spiro atoms. The molecule has 0 bridgehead atoms. The standard InChI is InChI=1S/2C39H75O5.C3H9O6P.2Na/c2*1-3-5-7-9-11-13-15-17-19-21-23-25-27-29-31-33-36(41)39(44,38(43)35-40)37(42)34-32-30-28-26-24-22-20-18-16-14-12-10-8-6-4-2;4-1-3(5)2-9-10(6,7)8;;/h2*38,40,44H,3-35H2,1-2H3;3-5H,1-2H2,(H2,6,7,8);;/q2*-1;;2*+1/p-2/t2*38-;;;/m11.../s1. The van der Waals surface area contributed by atoms with E-state index in [1.165, 1.54) is 283 Å². The summed E-state index contributed by atoms with van der Waals surface area (Å²) in [4.78, 5) is 70.7. The molecule has 0 saturated heterocycles. The smallest absolute Gasteiger partial charge is 0.848 e. The summed E-state index contributed by atoms with van der Waals surface area (Å²) in [5.74, 6) is -2.81. The van der Waals surface area contributed by atoms with Crippen LogP contribution in [0.25, 0.3) is 0 Å². The molecule has 586 valence electrons. The minimum atomic E-state index is -5.00. The summed E-state index contributed by atoms with van der Waals surface area (Å²) in [7, 11) is -5.00. The number of ketones is 4. The SMILES string of the molecule is CCCCCCCCCCCCCCCCCC(=O)C(O)(C(=O)CCCCCCCCCCCCCCCCC)[C@H]([O-])CO.CCCCCCCCCCCCCCCCCC(=O)C(O)(C(=O)CCCCCCCCCCCCCCCCC)[C@H]([O-])CO.O=P([O-])([O-])OCC(O)CO.[Na+].[Na+]. The first-order valence-corrected chi connectivity index (χ1v) is 42.9. The van der Waals surface area contributed by atoms with Crippen LogP contribution in [-0.2, 0) is 28.3 Å². The van der Waals surface area contributed by atoms with E-state index in [2.05, 4.69) is 32.2 Å². The fourth-order valence-corrected chi connectivity index (χ4v) is 13.3. The van der Waals surface area contributed by atoms with Crippen molar-refractivity contribution in [3.8, 4) is 0 Å². The van der Waals surface area contributed by atoms with Crippen molar-refractivity contribution < 1.29 is 138 Å². The first-order chi connectivity index (χ1) is 47.3. The fraction of sp³-hybridized carbons (Fsp3) is 0.951. The second kappa shape index (κ2) is 82.0. The van der Waals surface area contributed by atoms with Crippen LogP contribution in [0.15, 0.2) is 0 Å².